The SMILES string of the molecule is Cc1ccc(N(c2ccc(C)cc2)c2ccc(C(=O)O)cc2)cc1.Cc1ccc2c(c1)C(C(=O)O)c1cc(C)c3ccccc3c1-2.Cc1ccc2c(c1)C(C(=O)O)c1cc(C)c3ccccc3c1-2.Cc1ccc2c(c1)C(c1ccc(C(=O)O)cc1)c1cc(C)c3ccccc3c1-2.Cc1ccc2c(c1)Nc1cc(C)c(C(=O)O)cc1O2.O=C=O. The third-order valence-corrected chi connectivity index (χ3v) is 22.3. The van der Waals surface area contributed by atoms with Crippen molar-refractivity contribution in [1.29, 1.82) is 0 Å². The summed E-state index contributed by atoms with van der Waals surface area (Å²) in [6.07, 6.45) is 0.250. The summed E-state index contributed by atoms with van der Waals surface area (Å²) in [5.41, 5.74) is 31.0. The molecule has 0 fully saturated rings. The standard InChI is InChI=1S/C26H20O2.C21H19NO2.2C20H16O2.C15H13NO3.CO2/c1-15-7-12-21-22(13-15)24(17-8-10-18(11-9-17)26(27)28)23-14-16(2)19-5-3-4-6-20(19)25(21)23;1-15-3-9-18(10-4-15)22(19-11-5-16(2)6-12-19)20-13-7-17(8-14-20)21(23)24;2*1-11-7-8-15-16(9-11)19(20(21)22)17-10-12(2)13-5-3-4-6-14(13)18(15)17;1-8-3-4-13-11(5-8)16-12-6-9(2)10(15(17)18)7-14(12)19-13;2-1-3/h3-14,24H,1-2H3,(H,27,28);3-14H,1-2H3,(H,23,24);2*3-10,19H,1-2H3,(H,21,22);3-7,16H,1-2H3,(H,17,18);. The molecule has 15 aromatic rings. The molecular weight excluding hydrogens is 1470 g/mol. The van der Waals surface area contributed by atoms with Gasteiger partial charge in [-0.2, -0.15) is 9.59 Å². The van der Waals surface area contributed by atoms with E-state index in [0.717, 1.165) is 117 Å². The van der Waals surface area contributed by atoms with E-state index in [1.54, 1.807) is 43.3 Å². The first-order valence-corrected chi connectivity index (χ1v) is 38.6. The summed E-state index contributed by atoms with van der Waals surface area (Å²) in [4.78, 5) is 75.6. The van der Waals surface area contributed by atoms with Crippen LogP contribution in [-0.4, -0.2) is 61.5 Å². The van der Waals surface area contributed by atoms with Gasteiger partial charge in [-0.05, 0) is 287 Å². The number of fused-ring (bicyclic) bond motifs is 17. The minimum atomic E-state index is -0.946. The van der Waals surface area contributed by atoms with Crippen LogP contribution < -0.4 is 15.0 Å². The Kier molecular flexibility index (Phi) is 22.6. The zero-order valence-corrected chi connectivity index (χ0v) is 66.7. The quantitative estimate of drug-likeness (QED) is 0.0787. The lowest BCUT2D eigenvalue weighted by Crippen LogP contribution is -2.10. The van der Waals surface area contributed by atoms with Gasteiger partial charge in [0.1, 0.15) is 11.8 Å². The molecule has 0 saturated carbocycles. The van der Waals surface area contributed by atoms with Gasteiger partial charge in [-0.3, -0.25) is 9.59 Å². The van der Waals surface area contributed by atoms with Gasteiger partial charge in [0.15, 0.2) is 11.5 Å². The van der Waals surface area contributed by atoms with Crippen molar-refractivity contribution in [3.8, 4) is 44.9 Å². The van der Waals surface area contributed by atoms with E-state index in [1.165, 1.54) is 66.1 Å². The van der Waals surface area contributed by atoms with Crippen LogP contribution in [0.5, 0.6) is 11.5 Å². The molecule has 15 heteroatoms. The van der Waals surface area contributed by atoms with Gasteiger partial charge in [-0.25, -0.2) is 14.4 Å². The second-order valence-corrected chi connectivity index (χ2v) is 30.4. The topological polar surface area (TPSA) is 245 Å². The van der Waals surface area contributed by atoms with Crippen molar-refractivity contribution in [3.63, 3.8) is 0 Å². The summed E-state index contributed by atoms with van der Waals surface area (Å²) in [7, 11) is 0. The molecule has 1 heterocycles. The first-order chi connectivity index (χ1) is 56.7. The van der Waals surface area contributed by atoms with Crippen LogP contribution in [0, 0.1) is 69.2 Å². The highest BCUT2D eigenvalue weighted by Crippen LogP contribution is 2.54. The monoisotopic (exact) mass is 1560 g/mol. The van der Waals surface area contributed by atoms with Gasteiger partial charge < -0.3 is 40.5 Å². The van der Waals surface area contributed by atoms with Crippen molar-refractivity contribution in [2.24, 2.45) is 0 Å². The third-order valence-electron chi connectivity index (χ3n) is 22.3. The average Bonchev–Trinajstić information content (AvgIpc) is 1.58. The number of aliphatic carboxylic acids is 2. The van der Waals surface area contributed by atoms with E-state index in [9.17, 15) is 39.3 Å². The molecule has 19 rings (SSSR count). The van der Waals surface area contributed by atoms with Crippen LogP contribution in [0.25, 0.3) is 65.7 Å². The van der Waals surface area contributed by atoms with E-state index in [4.69, 9.17) is 24.5 Å². The van der Waals surface area contributed by atoms with Crippen molar-refractivity contribution >= 4 is 96.8 Å². The number of carbonyl (C=O) groups is 5. The summed E-state index contributed by atoms with van der Waals surface area (Å²) < 4.78 is 5.75. The fourth-order valence-electron chi connectivity index (χ4n) is 16.8. The zero-order chi connectivity index (χ0) is 83.7. The van der Waals surface area contributed by atoms with Crippen LogP contribution in [-0.2, 0) is 19.2 Å². The lowest BCUT2D eigenvalue weighted by atomic mass is 9.87. The van der Waals surface area contributed by atoms with Crippen molar-refractivity contribution in [3.05, 3.63) is 384 Å². The molecule has 0 saturated heterocycles. The van der Waals surface area contributed by atoms with E-state index < -0.39 is 41.7 Å². The Morgan fingerprint density at radius 1 is 0.322 bits per heavy atom. The number of carbonyl (C=O) groups excluding carboxylic acids is 2. The van der Waals surface area contributed by atoms with Crippen molar-refractivity contribution < 1.29 is 63.8 Å². The fourth-order valence-corrected chi connectivity index (χ4v) is 16.8. The molecule has 118 heavy (non-hydrogen) atoms. The number of nitrogens with zero attached hydrogens (tertiary/aromatic N) is 1. The van der Waals surface area contributed by atoms with Gasteiger partial charge >= 0.3 is 36.0 Å². The molecule has 3 unspecified atom stereocenters. The maximum Gasteiger partial charge on any atom is 0.373 e. The number of carboxylic acids is 5. The maximum atomic E-state index is 11.9. The van der Waals surface area contributed by atoms with Crippen molar-refractivity contribution in [2.45, 2.75) is 87.0 Å². The molecule has 0 spiro atoms. The van der Waals surface area contributed by atoms with Gasteiger partial charge in [-0.15, -0.1) is 0 Å². The Balaban J connectivity index is 0.000000121. The maximum absolute atomic E-state index is 11.9. The van der Waals surface area contributed by atoms with Crippen LogP contribution in [0.15, 0.2) is 273 Å². The Labute approximate surface area is 683 Å². The molecule has 0 bridgehead atoms. The number of benzene rings is 15. The number of anilines is 5. The van der Waals surface area contributed by atoms with Crippen LogP contribution in [0.2, 0.25) is 0 Å². The molecule has 4 aliphatic rings. The molecule has 584 valence electrons. The highest BCUT2D eigenvalue weighted by Gasteiger charge is 2.38. The van der Waals surface area contributed by atoms with E-state index in [2.05, 4.69) is 197 Å². The molecule has 3 atom stereocenters. The molecule has 0 amide bonds. The highest BCUT2D eigenvalue weighted by molar-refractivity contribution is 6.09. The number of hydrogen-bond donors (Lipinski definition) is 6. The highest BCUT2D eigenvalue weighted by atomic mass is 16.5. The predicted octanol–water partition coefficient (Wildman–Crippen LogP) is 24.4. The third kappa shape index (κ3) is 15.7. The second kappa shape index (κ2) is 33.3. The Bertz CT molecular complexity index is 6370. The van der Waals surface area contributed by atoms with Gasteiger partial charge in [-0.1, -0.05) is 216 Å². The van der Waals surface area contributed by atoms with Crippen LogP contribution in [0.1, 0.15) is 143 Å². The van der Waals surface area contributed by atoms with Gasteiger partial charge in [0.05, 0.1) is 28.1 Å². The smallest absolute Gasteiger partial charge is 0.373 e. The molecule has 15 nitrogen and oxygen atoms in total. The van der Waals surface area contributed by atoms with Gasteiger partial charge in [0.2, 0.25) is 0 Å². The Hall–Kier alpha value is -14.8. The first kappa shape index (κ1) is 79.8. The predicted molar refractivity (Wildman–Crippen MR) is 465 cm³/mol. The second-order valence-electron chi connectivity index (χ2n) is 30.4. The van der Waals surface area contributed by atoms with E-state index in [1.807, 2.05) is 112 Å². The summed E-state index contributed by atoms with van der Waals surface area (Å²) in [5.74, 6) is -4.07. The van der Waals surface area contributed by atoms with E-state index in [-0.39, 0.29) is 23.2 Å². The summed E-state index contributed by atoms with van der Waals surface area (Å²) >= 11 is 0. The summed E-state index contributed by atoms with van der Waals surface area (Å²) in [6.45, 7) is 20.3. The molecule has 0 radical (unpaired) electrons. The van der Waals surface area contributed by atoms with Crippen LogP contribution in [0.4, 0.5) is 28.4 Å². The number of ether oxygens (including phenoxy) is 1. The molecule has 15 aromatic carbocycles. The molecule has 6 N–H and O–H groups in total. The molecule has 1 aliphatic heterocycles. The number of aryl methyl sites for hydroxylation is 10. The number of nitrogens with one attached hydrogen (secondary N) is 1. The first-order valence-electron chi connectivity index (χ1n) is 38.6. The number of rotatable bonds is 9. The van der Waals surface area contributed by atoms with Gasteiger partial charge in [0, 0.05) is 23.0 Å². The molecular formula is C103H84N2O13. The molecule has 0 aromatic heterocycles. The van der Waals surface area contributed by atoms with Crippen LogP contribution >= 0.6 is 0 Å². The van der Waals surface area contributed by atoms with E-state index in [0.29, 0.717) is 22.6 Å². The lowest BCUT2D eigenvalue weighted by molar-refractivity contribution is -0.191. The zero-order valence-electron chi connectivity index (χ0n) is 66.7. The largest absolute Gasteiger partial charge is 0.481 e. The number of aromatic carboxylic acids is 3. The van der Waals surface area contributed by atoms with Gasteiger partial charge in [0.25, 0.3) is 0 Å². The normalized spacial score (nSPS) is 13.4. The fraction of sp³-hybridized carbons (Fsp3) is 0.126. The minimum Gasteiger partial charge on any atom is -0.481 e. The Morgan fingerprint density at radius 3 is 1.07 bits per heavy atom. The summed E-state index contributed by atoms with van der Waals surface area (Å²) in [5, 5.41) is 57.5. The number of carboxylic acid groups (broad SMARTS) is 5. The molecule has 3 aliphatic carbocycles. The van der Waals surface area contributed by atoms with Crippen LogP contribution in [0.3, 0.4) is 0 Å². The average molecular weight is 1560 g/mol. The summed E-state index contributed by atoms with van der Waals surface area (Å²) in [6, 6.07) is 90.4. The number of hydrogen-bond acceptors (Lipinski definition) is 10. The van der Waals surface area contributed by atoms with Crippen molar-refractivity contribution in [1.82, 2.24) is 0 Å². The lowest BCUT2D eigenvalue weighted by Gasteiger charge is -2.25. The Morgan fingerprint density at radius 2 is 0.661 bits per heavy atom. The van der Waals surface area contributed by atoms with E-state index >= 15 is 0 Å². The minimum absolute atomic E-state index is 0.121. The van der Waals surface area contributed by atoms with Crippen molar-refractivity contribution in [2.75, 3.05) is 10.2 Å².